The summed E-state index contributed by atoms with van der Waals surface area (Å²) in [6, 6.07) is 0.123. The molecule has 1 amide bonds. The van der Waals surface area contributed by atoms with Crippen LogP contribution in [0.3, 0.4) is 0 Å². The summed E-state index contributed by atoms with van der Waals surface area (Å²) in [4.78, 5) is 25.0. The van der Waals surface area contributed by atoms with Gasteiger partial charge in [0.25, 0.3) is 0 Å². The van der Waals surface area contributed by atoms with E-state index in [2.05, 4.69) is 6.92 Å². The van der Waals surface area contributed by atoms with Gasteiger partial charge in [0.15, 0.2) is 0 Å². The van der Waals surface area contributed by atoms with Crippen molar-refractivity contribution in [3.63, 3.8) is 0 Å². The SMILES string of the molecule is CCCCCN(C(=O)C(C)C(C)C(=O)O)C(C)C. The molecule has 0 rings (SSSR count). The van der Waals surface area contributed by atoms with Gasteiger partial charge in [-0.25, -0.2) is 0 Å². The summed E-state index contributed by atoms with van der Waals surface area (Å²) in [5.74, 6) is -2.06. The van der Waals surface area contributed by atoms with Gasteiger partial charge in [0.1, 0.15) is 0 Å². The van der Waals surface area contributed by atoms with Gasteiger partial charge in [-0.1, -0.05) is 33.6 Å². The second-order valence-corrected chi connectivity index (χ2v) is 5.25. The van der Waals surface area contributed by atoms with Crippen LogP contribution in [0, 0.1) is 11.8 Å². The van der Waals surface area contributed by atoms with E-state index in [4.69, 9.17) is 5.11 Å². The quantitative estimate of drug-likeness (QED) is 0.680. The number of hydrogen-bond donors (Lipinski definition) is 1. The Morgan fingerprint density at radius 3 is 2.00 bits per heavy atom. The van der Waals surface area contributed by atoms with Gasteiger partial charge in [0, 0.05) is 18.5 Å². The van der Waals surface area contributed by atoms with Crippen LogP contribution in [-0.4, -0.2) is 34.5 Å². The highest BCUT2D eigenvalue weighted by molar-refractivity contribution is 5.84. The molecule has 0 saturated carbocycles. The van der Waals surface area contributed by atoms with Crippen LogP contribution in [0.5, 0.6) is 0 Å². The third-order valence-corrected chi connectivity index (χ3v) is 3.44. The molecule has 0 aliphatic carbocycles. The predicted molar refractivity (Wildman–Crippen MR) is 72.3 cm³/mol. The van der Waals surface area contributed by atoms with Gasteiger partial charge in [0.05, 0.1) is 5.92 Å². The van der Waals surface area contributed by atoms with Crippen LogP contribution in [0.2, 0.25) is 0 Å². The van der Waals surface area contributed by atoms with Crippen molar-refractivity contribution in [2.24, 2.45) is 11.8 Å². The maximum atomic E-state index is 12.3. The maximum absolute atomic E-state index is 12.3. The number of unbranched alkanes of at least 4 members (excludes halogenated alkanes) is 2. The zero-order chi connectivity index (χ0) is 14.3. The fourth-order valence-corrected chi connectivity index (χ4v) is 1.84. The molecule has 0 bridgehead atoms. The zero-order valence-corrected chi connectivity index (χ0v) is 12.3. The van der Waals surface area contributed by atoms with Crippen molar-refractivity contribution in [3.05, 3.63) is 0 Å². The second-order valence-electron chi connectivity index (χ2n) is 5.25. The molecule has 2 atom stereocenters. The van der Waals surface area contributed by atoms with E-state index < -0.39 is 17.8 Å². The molecular weight excluding hydrogens is 230 g/mol. The Hall–Kier alpha value is -1.06. The third kappa shape index (κ3) is 5.07. The van der Waals surface area contributed by atoms with Gasteiger partial charge in [-0.2, -0.15) is 0 Å². The highest BCUT2D eigenvalue weighted by atomic mass is 16.4. The number of hydrogen-bond acceptors (Lipinski definition) is 2. The lowest BCUT2D eigenvalue weighted by atomic mass is 9.94. The van der Waals surface area contributed by atoms with E-state index in [9.17, 15) is 9.59 Å². The molecule has 0 aromatic heterocycles. The van der Waals surface area contributed by atoms with Crippen molar-refractivity contribution in [1.29, 1.82) is 0 Å². The smallest absolute Gasteiger partial charge is 0.307 e. The minimum atomic E-state index is -0.909. The molecule has 0 aromatic carbocycles. The minimum Gasteiger partial charge on any atom is -0.481 e. The van der Waals surface area contributed by atoms with Gasteiger partial charge in [-0.05, 0) is 20.3 Å². The fraction of sp³-hybridized carbons (Fsp3) is 0.857. The van der Waals surface area contributed by atoms with Crippen molar-refractivity contribution in [1.82, 2.24) is 4.90 Å². The van der Waals surface area contributed by atoms with Crippen molar-refractivity contribution in [2.45, 2.75) is 59.9 Å². The molecule has 0 fully saturated rings. The third-order valence-electron chi connectivity index (χ3n) is 3.44. The molecule has 106 valence electrons. The summed E-state index contributed by atoms with van der Waals surface area (Å²) in [7, 11) is 0. The van der Waals surface area contributed by atoms with E-state index in [0.29, 0.717) is 0 Å². The fourth-order valence-electron chi connectivity index (χ4n) is 1.84. The van der Waals surface area contributed by atoms with Crippen LogP contribution in [0.4, 0.5) is 0 Å². The summed E-state index contributed by atoms with van der Waals surface area (Å²) in [6.45, 7) is 10.1. The van der Waals surface area contributed by atoms with E-state index in [1.165, 1.54) is 0 Å². The lowest BCUT2D eigenvalue weighted by molar-refractivity contribution is -0.149. The Kier molecular flexibility index (Phi) is 7.64. The first-order chi connectivity index (χ1) is 8.32. The Labute approximate surface area is 110 Å². The summed E-state index contributed by atoms with van der Waals surface area (Å²) in [5.41, 5.74) is 0. The predicted octanol–water partition coefficient (Wildman–Crippen LogP) is 2.77. The molecule has 1 N–H and O–H groups in total. The average Bonchev–Trinajstić information content (AvgIpc) is 2.31. The number of carbonyl (C=O) groups is 2. The molecule has 0 aromatic rings. The van der Waals surface area contributed by atoms with Crippen molar-refractivity contribution in [2.75, 3.05) is 6.54 Å². The van der Waals surface area contributed by atoms with Crippen LogP contribution in [0.1, 0.15) is 53.9 Å². The molecule has 0 radical (unpaired) electrons. The summed E-state index contributed by atoms with van der Waals surface area (Å²) in [5, 5.41) is 8.97. The molecule has 4 heteroatoms. The largest absolute Gasteiger partial charge is 0.481 e. The lowest BCUT2D eigenvalue weighted by Gasteiger charge is -2.30. The van der Waals surface area contributed by atoms with Gasteiger partial charge in [0.2, 0.25) is 5.91 Å². The first-order valence-corrected chi connectivity index (χ1v) is 6.86. The van der Waals surface area contributed by atoms with E-state index in [-0.39, 0.29) is 11.9 Å². The van der Waals surface area contributed by atoms with Crippen molar-refractivity contribution < 1.29 is 14.7 Å². The second kappa shape index (κ2) is 8.11. The summed E-state index contributed by atoms with van der Waals surface area (Å²) in [6.07, 6.45) is 3.19. The van der Waals surface area contributed by atoms with Crippen LogP contribution in [0.15, 0.2) is 0 Å². The monoisotopic (exact) mass is 257 g/mol. The Bertz CT molecular complexity index is 276. The van der Waals surface area contributed by atoms with Crippen LogP contribution in [0.25, 0.3) is 0 Å². The van der Waals surface area contributed by atoms with Crippen molar-refractivity contribution in [3.8, 4) is 0 Å². The highest BCUT2D eigenvalue weighted by Gasteiger charge is 2.30. The van der Waals surface area contributed by atoms with E-state index in [1.807, 2.05) is 13.8 Å². The number of nitrogens with zero attached hydrogens (tertiary/aromatic N) is 1. The Morgan fingerprint density at radius 1 is 1.06 bits per heavy atom. The first-order valence-electron chi connectivity index (χ1n) is 6.86. The van der Waals surface area contributed by atoms with Gasteiger partial charge >= 0.3 is 5.97 Å². The molecule has 18 heavy (non-hydrogen) atoms. The molecule has 2 unspecified atom stereocenters. The van der Waals surface area contributed by atoms with E-state index in [0.717, 1.165) is 25.8 Å². The molecular formula is C14H27NO3. The Balaban J connectivity index is 4.60. The number of carboxylic acid groups (broad SMARTS) is 1. The van der Waals surface area contributed by atoms with Gasteiger partial charge in [-0.15, -0.1) is 0 Å². The molecule has 0 spiro atoms. The molecule has 0 aliphatic rings. The molecule has 0 aliphatic heterocycles. The first kappa shape index (κ1) is 16.9. The number of carbonyl (C=O) groups excluding carboxylic acids is 1. The van der Waals surface area contributed by atoms with Crippen LogP contribution >= 0.6 is 0 Å². The zero-order valence-electron chi connectivity index (χ0n) is 12.3. The number of amides is 1. The lowest BCUT2D eigenvalue weighted by Crippen LogP contribution is -2.43. The van der Waals surface area contributed by atoms with Crippen LogP contribution < -0.4 is 0 Å². The standard InChI is InChI=1S/C14H27NO3/c1-6-7-8-9-15(10(2)3)13(16)11(4)12(5)14(17)18/h10-12H,6-9H2,1-5H3,(H,17,18). The van der Waals surface area contributed by atoms with Crippen molar-refractivity contribution >= 4 is 11.9 Å². The number of rotatable bonds is 8. The topological polar surface area (TPSA) is 57.6 Å². The molecule has 4 nitrogen and oxygen atoms in total. The summed E-state index contributed by atoms with van der Waals surface area (Å²) < 4.78 is 0. The molecule has 0 heterocycles. The highest BCUT2D eigenvalue weighted by Crippen LogP contribution is 2.17. The van der Waals surface area contributed by atoms with E-state index >= 15 is 0 Å². The maximum Gasteiger partial charge on any atom is 0.307 e. The molecule has 0 saturated heterocycles. The minimum absolute atomic E-state index is 0.0454. The van der Waals surface area contributed by atoms with Gasteiger partial charge < -0.3 is 10.0 Å². The van der Waals surface area contributed by atoms with Gasteiger partial charge in [-0.3, -0.25) is 9.59 Å². The normalized spacial score (nSPS) is 14.3. The summed E-state index contributed by atoms with van der Waals surface area (Å²) >= 11 is 0. The Morgan fingerprint density at radius 2 is 1.61 bits per heavy atom. The van der Waals surface area contributed by atoms with E-state index in [1.54, 1.807) is 18.7 Å². The number of aliphatic carboxylic acids is 1. The average molecular weight is 257 g/mol. The van der Waals surface area contributed by atoms with Crippen LogP contribution in [-0.2, 0) is 9.59 Å². The number of carboxylic acids is 1.